The Labute approximate surface area is 216 Å². The van der Waals surface area contributed by atoms with Crippen molar-refractivity contribution in [3.63, 3.8) is 0 Å². The van der Waals surface area contributed by atoms with Crippen molar-refractivity contribution in [1.29, 1.82) is 0 Å². The van der Waals surface area contributed by atoms with Crippen LogP contribution in [0, 0.1) is 11.8 Å². The topological polar surface area (TPSA) is 90.4 Å². The van der Waals surface area contributed by atoms with Gasteiger partial charge in [0.2, 0.25) is 11.8 Å². The van der Waals surface area contributed by atoms with E-state index in [0.717, 1.165) is 12.8 Å². The Bertz CT molecular complexity index is 1110. The summed E-state index contributed by atoms with van der Waals surface area (Å²) in [6.45, 7) is 1.25. The van der Waals surface area contributed by atoms with Crippen LogP contribution in [0.1, 0.15) is 25.7 Å². The van der Waals surface area contributed by atoms with Crippen LogP contribution < -0.4 is 4.90 Å². The molecule has 0 radical (unpaired) electrons. The van der Waals surface area contributed by atoms with Crippen molar-refractivity contribution in [1.82, 2.24) is 9.80 Å². The van der Waals surface area contributed by atoms with Crippen LogP contribution in [0.3, 0.4) is 0 Å². The molecule has 1 N–H and O–H groups in total. The molecule has 2 saturated heterocycles. The number of halogens is 1. The largest absolute Gasteiger partial charge is 0.396 e. The van der Waals surface area contributed by atoms with Gasteiger partial charge in [0.1, 0.15) is 11.6 Å². The Morgan fingerprint density at radius 1 is 1.03 bits per heavy atom. The zero-order valence-electron chi connectivity index (χ0n) is 20.4. The van der Waals surface area contributed by atoms with E-state index in [0.29, 0.717) is 36.6 Å². The van der Waals surface area contributed by atoms with Gasteiger partial charge in [0.15, 0.2) is 0 Å². The molecule has 0 aromatic heterocycles. The summed E-state index contributed by atoms with van der Waals surface area (Å²) in [5.41, 5.74) is -0.657. The molecule has 1 spiro atoms. The lowest BCUT2D eigenvalue weighted by atomic mass is 9.77. The third kappa shape index (κ3) is 3.96. The number of hydrogen-bond donors (Lipinski definition) is 1. The lowest BCUT2D eigenvalue weighted by Crippen LogP contribution is -2.55. The monoisotopic (exact) mass is 513 g/mol. The number of ether oxygens (including phenoxy) is 1. The van der Waals surface area contributed by atoms with E-state index in [-0.39, 0.29) is 30.9 Å². The highest BCUT2D eigenvalue weighted by atomic mass is 35.5. The zero-order chi connectivity index (χ0) is 25.4. The number of hydrogen-bond acceptors (Lipinski definition) is 5. The molecule has 0 aliphatic carbocycles. The molecule has 4 aliphatic heterocycles. The number of amides is 3. The van der Waals surface area contributed by atoms with Gasteiger partial charge in [0.05, 0.1) is 28.6 Å². The van der Waals surface area contributed by atoms with E-state index in [1.807, 2.05) is 36.4 Å². The second-order valence-corrected chi connectivity index (χ2v) is 10.4. The van der Waals surface area contributed by atoms with Crippen LogP contribution in [-0.2, 0) is 19.1 Å². The van der Waals surface area contributed by atoms with E-state index >= 15 is 0 Å². The van der Waals surface area contributed by atoms with Gasteiger partial charge >= 0.3 is 0 Å². The van der Waals surface area contributed by atoms with Crippen LogP contribution in [0.5, 0.6) is 0 Å². The van der Waals surface area contributed by atoms with Crippen molar-refractivity contribution in [2.75, 3.05) is 38.2 Å². The van der Waals surface area contributed by atoms with Crippen LogP contribution in [0.4, 0.5) is 5.69 Å². The number of carbonyl (C=O) groups is 3. The Hall–Kier alpha value is -2.68. The van der Waals surface area contributed by atoms with Crippen molar-refractivity contribution in [2.45, 2.75) is 43.4 Å². The van der Waals surface area contributed by atoms with Gasteiger partial charge < -0.3 is 24.5 Å². The van der Waals surface area contributed by atoms with E-state index in [9.17, 15) is 14.4 Å². The van der Waals surface area contributed by atoms with E-state index < -0.39 is 29.6 Å². The summed E-state index contributed by atoms with van der Waals surface area (Å²) < 4.78 is 6.59. The van der Waals surface area contributed by atoms with E-state index in [1.165, 1.54) is 0 Å². The van der Waals surface area contributed by atoms with Crippen molar-refractivity contribution in [2.24, 2.45) is 11.8 Å². The quantitative estimate of drug-likeness (QED) is 0.446. The predicted octanol–water partition coefficient (Wildman–Crippen LogP) is 2.40. The standard InChI is InChI=1S/C27H32ClN3O5/c1-29-14-8-12-20-21(24(29)33)22-25(34)31(15-6-2-3-7-17-32)23-26(35)30(16-9-13-27(22,23)36-20)19-11-5-4-10-18(19)28/h4-5,8-13,20-23,32H,2-3,6-7,14-17H2,1H3/t20-,21+,22-,23?,27-/m0/s1. The third-order valence-corrected chi connectivity index (χ3v) is 8.13. The normalized spacial score (nSPS) is 31.4. The van der Waals surface area contributed by atoms with Gasteiger partial charge in [-0.1, -0.05) is 60.9 Å². The Kier molecular flexibility index (Phi) is 6.94. The highest BCUT2D eigenvalue weighted by Gasteiger charge is 2.71. The maximum absolute atomic E-state index is 14.2. The molecule has 5 atom stereocenters. The van der Waals surface area contributed by atoms with E-state index in [4.69, 9.17) is 21.4 Å². The van der Waals surface area contributed by atoms with Gasteiger partial charge in [-0.3, -0.25) is 14.4 Å². The molecule has 1 aromatic carbocycles. The lowest BCUT2D eigenvalue weighted by molar-refractivity contribution is -0.143. The van der Waals surface area contributed by atoms with Gasteiger partial charge in [-0.15, -0.1) is 0 Å². The summed E-state index contributed by atoms with van der Waals surface area (Å²) >= 11 is 6.47. The molecular weight excluding hydrogens is 482 g/mol. The summed E-state index contributed by atoms with van der Waals surface area (Å²) in [7, 11) is 1.73. The zero-order valence-corrected chi connectivity index (χ0v) is 21.1. The number of unbranched alkanes of at least 4 members (excludes halogenated alkanes) is 3. The van der Waals surface area contributed by atoms with E-state index in [1.54, 1.807) is 33.9 Å². The molecule has 0 saturated carbocycles. The fourth-order valence-electron chi connectivity index (χ4n) is 6.14. The predicted molar refractivity (Wildman–Crippen MR) is 135 cm³/mol. The average Bonchev–Trinajstić information content (AvgIpc) is 3.18. The summed E-state index contributed by atoms with van der Waals surface area (Å²) in [6.07, 6.45) is 9.93. The summed E-state index contributed by atoms with van der Waals surface area (Å²) in [6, 6.07) is 6.26. The molecule has 4 aliphatic rings. The molecule has 1 aromatic rings. The fourth-order valence-corrected chi connectivity index (χ4v) is 6.38. The fraction of sp³-hybridized carbons (Fsp3) is 0.519. The number of aliphatic hydroxyl groups is 1. The smallest absolute Gasteiger partial charge is 0.253 e. The Morgan fingerprint density at radius 2 is 1.81 bits per heavy atom. The first-order valence-electron chi connectivity index (χ1n) is 12.6. The van der Waals surface area contributed by atoms with Crippen molar-refractivity contribution >= 4 is 35.0 Å². The first-order chi connectivity index (χ1) is 17.4. The minimum atomic E-state index is -1.23. The maximum Gasteiger partial charge on any atom is 0.253 e. The second-order valence-electron chi connectivity index (χ2n) is 9.96. The highest BCUT2D eigenvalue weighted by Crippen LogP contribution is 2.53. The summed E-state index contributed by atoms with van der Waals surface area (Å²) in [5.74, 6) is -2.09. The highest BCUT2D eigenvalue weighted by molar-refractivity contribution is 6.34. The minimum Gasteiger partial charge on any atom is -0.396 e. The Morgan fingerprint density at radius 3 is 2.58 bits per heavy atom. The Balaban J connectivity index is 1.55. The first-order valence-corrected chi connectivity index (χ1v) is 13.0. The third-order valence-electron chi connectivity index (χ3n) is 7.81. The van der Waals surface area contributed by atoms with E-state index in [2.05, 4.69) is 0 Å². The molecule has 8 nitrogen and oxygen atoms in total. The minimum absolute atomic E-state index is 0.132. The number of nitrogens with zero attached hydrogens (tertiary/aromatic N) is 3. The van der Waals surface area contributed by atoms with Crippen molar-refractivity contribution in [3.8, 4) is 0 Å². The molecule has 4 heterocycles. The van der Waals surface area contributed by atoms with Gasteiger partial charge in [-0.05, 0) is 25.0 Å². The first kappa shape index (κ1) is 25.0. The van der Waals surface area contributed by atoms with Gasteiger partial charge in [0, 0.05) is 33.3 Å². The molecule has 3 amide bonds. The van der Waals surface area contributed by atoms with Gasteiger partial charge in [-0.25, -0.2) is 0 Å². The van der Waals surface area contributed by atoms with Crippen LogP contribution in [0.15, 0.2) is 48.6 Å². The molecule has 1 unspecified atom stereocenters. The molecular formula is C27H32ClN3O5. The number of likely N-dealkylation sites (N-methyl/N-ethyl adjacent to an activating group) is 1. The molecule has 192 valence electrons. The van der Waals surface area contributed by atoms with Crippen molar-refractivity contribution in [3.05, 3.63) is 53.6 Å². The summed E-state index contributed by atoms with van der Waals surface area (Å²) in [4.78, 5) is 46.5. The molecule has 0 bridgehead atoms. The number of fused-ring (bicyclic) bond motifs is 2. The van der Waals surface area contributed by atoms with Crippen LogP contribution >= 0.6 is 11.6 Å². The van der Waals surface area contributed by atoms with Crippen molar-refractivity contribution < 1.29 is 24.2 Å². The number of para-hydroxylation sites is 1. The molecule has 2 fully saturated rings. The van der Waals surface area contributed by atoms with Crippen LogP contribution in [0.25, 0.3) is 0 Å². The second kappa shape index (κ2) is 10.00. The lowest BCUT2D eigenvalue weighted by Gasteiger charge is -2.35. The number of anilines is 1. The number of likely N-dealkylation sites (tertiary alicyclic amines) is 1. The number of aliphatic hydroxyl groups excluding tert-OH is 1. The molecule has 36 heavy (non-hydrogen) atoms. The number of benzene rings is 1. The maximum atomic E-state index is 14.2. The average molecular weight is 514 g/mol. The van der Waals surface area contributed by atoms with Gasteiger partial charge in [0.25, 0.3) is 5.91 Å². The number of rotatable bonds is 7. The van der Waals surface area contributed by atoms with Gasteiger partial charge in [-0.2, -0.15) is 0 Å². The molecule has 5 rings (SSSR count). The molecule has 9 heteroatoms. The van der Waals surface area contributed by atoms with Crippen LogP contribution in [-0.4, -0.2) is 83.7 Å². The number of carbonyl (C=O) groups excluding carboxylic acids is 3. The van der Waals surface area contributed by atoms with Crippen LogP contribution in [0.2, 0.25) is 5.02 Å². The summed E-state index contributed by atoms with van der Waals surface area (Å²) in [5, 5.41) is 9.54. The SMILES string of the molecule is CN1CC=C[C@@H]2O[C@]34C=CCN(c5ccccc5Cl)C(=O)C3N(CCCCCCO)C(=O)[C@@H]4[C@@H]2C1=O.